The van der Waals surface area contributed by atoms with Crippen LogP contribution >= 0.6 is 45.9 Å². The van der Waals surface area contributed by atoms with Crippen molar-refractivity contribution in [1.82, 2.24) is 4.98 Å². The number of halogens is 2. The minimum Gasteiger partial charge on any atom is -0.361 e. The second-order valence-corrected chi connectivity index (χ2v) is 5.90. The molecular formula is C9H8Cl2N2S2. The summed E-state index contributed by atoms with van der Waals surface area (Å²) in [6.07, 6.45) is 0.953. The molecule has 6 heteroatoms. The van der Waals surface area contributed by atoms with E-state index in [-0.39, 0.29) is 0 Å². The summed E-state index contributed by atoms with van der Waals surface area (Å²) >= 11 is 14.7. The summed E-state index contributed by atoms with van der Waals surface area (Å²) < 4.78 is 0.835. The molecule has 2 aromatic heterocycles. The number of hydrogen-bond donors (Lipinski definition) is 1. The molecule has 2 aromatic rings. The van der Waals surface area contributed by atoms with Gasteiger partial charge in [-0.2, -0.15) is 0 Å². The van der Waals surface area contributed by atoms with Gasteiger partial charge in [0.15, 0.2) is 5.13 Å². The lowest BCUT2D eigenvalue weighted by molar-refractivity contribution is 1.04. The van der Waals surface area contributed by atoms with Crippen LogP contribution in [0.25, 0.3) is 0 Å². The largest absolute Gasteiger partial charge is 0.361 e. The quantitative estimate of drug-likeness (QED) is 0.908. The predicted octanol–water partition coefficient (Wildman–Crippen LogP) is 4.17. The highest BCUT2D eigenvalue weighted by molar-refractivity contribution is 7.16. The molecule has 0 amide bonds. The van der Waals surface area contributed by atoms with Crippen molar-refractivity contribution in [3.8, 4) is 0 Å². The maximum absolute atomic E-state index is 5.83. The summed E-state index contributed by atoms with van der Waals surface area (Å²) in [6.45, 7) is 0.848. The Morgan fingerprint density at radius 1 is 1.33 bits per heavy atom. The Kier molecular flexibility index (Phi) is 3.86. The summed E-state index contributed by atoms with van der Waals surface area (Å²) in [6, 6.07) is 3.96. The van der Waals surface area contributed by atoms with Gasteiger partial charge in [-0.1, -0.05) is 23.2 Å². The molecule has 80 valence electrons. The van der Waals surface area contributed by atoms with E-state index in [2.05, 4.69) is 10.3 Å². The van der Waals surface area contributed by atoms with Gasteiger partial charge in [-0.15, -0.1) is 22.7 Å². The molecule has 1 N–H and O–H groups in total. The van der Waals surface area contributed by atoms with E-state index in [0.29, 0.717) is 5.15 Å². The summed E-state index contributed by atoms with van der Waals surface area (Å²) in [7, 11) is 0. The fourth-order valence-corrected chi connectivity index (χ4v) is 3.07. The Balaban J connectivity index is 1.80. The molecule has 2 heterocycles. The Morgan fingerprint density at radius 3 is 2.80 bits per heavy atom. The zero-order valence-electron chi connectivity index (χ0n) is 7.67. The van der Waals surface area contributed by atoms with Gasteiger partial charge in [-0.3, -0.25) is 0 Å². The molecule has 0 saturated heterocycles. The number of hydrogen-bond acceptors (Lipinski definition) is 4. The van der Waals surface area contributed by atoms with Crippen LogP contribution in [0.4, 0.5) is 5.13 Å². The van der Waals surface area contributed by atoms with Gasteiger partial charge in [0.25, 0.3) is 0 Å². The third kappa shape index (κ3) is 3.34. The van der Waals surface area contributed by atoms with E-state index in [4.69, 9.17) is 23.2 Å². The Hall–Kier alpha value is -0.290. The first-order valence-electron chi connectivity index (χ1n) is 4.33. The van der Waals surface area contributed by atoms with Gasteiger partial charge in [0.05, 0.1) is 4.34 Å². The zero-order valence-corrected chi connectivity index (χ0v) is 10.8. The Bertz CT molecular complexity index is 399. The third-order valence-corrected chi connectivity index (χ3v) is 4.17. The third-order valence-electron chi connectivity index (χ3n) is 1.75. The van der Waals surface area contributed by atoms with Gasteiger partial charge in [-0.05, 0) is 18.6 Å². The van der Waals surface area contributed by atoms with Gasteiger partial charge in [0, 0.05) is 16.8 Å². The van der Waals surface area contributed by atoms with Crippen LogP contribution in [0.5, 0.6) is 0 Å². The fourth-order valence-electron chi connectivity index (χ4n) is 1.11. The second-order valence-electron chi connectivity index (χ2n) is 2.86. The van der Waals surface area contributed by atoms with Gasteiger partial charge < -0.3 is 5.32 Å². The van der Waals surface area contributed by atoms with Crippen LogP contribution < -0.4 is 5.32 Å². The number of nitrogens with zero attached hydrogens (tertiary/aromatic N) is 1. The van der Waals surface area contributed by atoms with Crippen LogP contribution in [0.1, 0.15) is 4.88 Å². The lowest BCUT2D eigenvalue weighted by Gasteiger charge is -1.99. The van der Waals surface area contributed by atoms with E-state index in [1.54, 1.807) is 11.3 Å². The van der Waals surface area contributed by atoms with E-state index < -0.39 is 0 Å². The molecule has 0 bridgehead atoms. The highest BCUT2D eigenvalue weighted by atomic mass is 35.5. The van der Waals surface area contributed by atoms with Gasteiger partial charge in [0.2, 0.25) is 0 Å². The monoisotopic (exact) mass is 278 g/mol. The van der Waals surface area contributed by atoms with Crippen LogP contribution in [0.15, 0.2) is 17.5 Å². The molecule has 15 heavy (non-hydrogen) atoms. The van der Waals surface area contributed by atoms with Crippen molar-refractivity contribution in [3.05, 3.63) is 31.9 Å². The molecule has 0 radical (unpaired) electrons. The minimum absolute atomic E-state index is 0.543. The smallest absolute Gasteiger partial charge is 0.184 e. The first kappa shape index (κ1) is 11.2. The predicted molar refractivity (Wildman–Crippen MR) is 68.6 cm³/mol. The van der Waals surface area contributed by atoms with E-state index >= 15 is 0 Å². The van der Waals surface area contributed by atoms with Gasteiger partial charge in [0.1, 0.15) is 5.15 Å². The zero-order chi connectivity index (χ0) is 10.7. The normalized spacial score (nSPS) is 10.5. The summed E-state index contributed by atoms with van der Waals surface area (Å²) in [5.41, 5.74) is 0. The molecule has 0 aliphatic rings. The van der Waals surface area contributed by atoms with E-state index in [9.17, 15) is 0 Å². The molecule has 0 aromatic carbocycles. The van der Waals surface area contributed by atoms with E-state index in [1.807, 2.05) is 17.5 Å². The highest BCUT2D eigenvalue weighted by Crippen LogP contribution is 2.22. The number of thiazole rings is 1. The van der Waals surface area contributed by atoms with Crippen molar-refractivity contribution in [2.24, 2.45) is 0 Å². The van der Waals surface area contributed by atoms with Crippen molar-refractivity contribution in [3.63, 3.8) is 0 Å². The average molecular weight is 279 g/mol. The number of anilines is 1. The number of nitrogens with one attached hydrogen (secondary N) is 1. The van der Waals surface area contributed by atoms with E-state index in [0.717, 1.165) is 22.4 Å². The Labute approximate surface area is 106 Å². The van der Waals surface area contributed by atoms with Crippen LogP contribution in [0.3, 0.4) is 0 Å². The van der Waals surface area contributed by atoms with Gasteiger partial charge in [-0.25, -0.2) is 4.98 Å². The maximum Gasteiger partial charge on any atom is 0.184 e. The number of thiophene rings is 1. The number of aromatic nitrogens is 1. The van der Waals surface area contributed by atoms with Gasteiger partial charge >= 0.3 is 0 Å². The van der Waals surface area contributed by atoms with Crippen LogP contribution in [-0.2, 0) is 6.42 Å². The molecule has 0 unspecified atom stereocenters. The molecule has 0 atom stereocenters. The standard InChI is InChI=1S/C9H8Cl2N2S2/c10-7-5-14-9(13-7)12-4-3-6-1-2-8(11)15-6/h1-2,5H,3-4H2,(H,12,13). The van der Waals surface area contributed by atoms with Crippen molar-refractivity contribution in [1.29, 1.82) is 0 Å². The summed E-state index contributed by atoms with van der Waals surface area (Å²) in [5, 5.41) is 6.43. The van der Waals surface area contributed by atoms with Crippen molar-refractivity contribution in [2.75, 3.05) is 11.9 Å². The first-order valence-corrected chi connectivity index (χ1v) is 6.78. The average Bonchev–Trinajstić information content (AvgIpc) is 2.76. The lowest BCUT2D eigenvalue weighted by Crippen LogP contribution is -2.03. The van der Waals surface area contributed by atoms with Crippen molar-refractivity contribution >= 4 is 51.0 Å². The second kappa shape index (κ2) is 5.16. The Morgan fingerprint density at radius 2 is 2.20 bits per heavy atom. The SMILES string of the molecule is Clc1csc(NCCc2ccc(Cl)s2)n1. The summed E-state index contributed by atoms with van der Waals surface area (Å²) in [5.74, 6) is 0. The molecule has 0 aliphatic carbocycles. The highest BCUT2D eigenvalue weighted by Gasteiger charge is 2.00. The van der Waals surface area contributed by atoms with E-state index in [1.165, 1.54) is 16.2 Å². The fraction of sp³-hybridized carbons (Fsp3) is 0.222. The van der Waals surface area contributed by atoms with Crippen molar-refractivity contribution in [2.45, 2.75) is 6.42 Å². The lowest BCUT2D eigenvalue weighted by atomic mass is 10.3. The van der Waals surface area contributed by atoms with Crippen molar-refractivity contribution < 1.29 is 0 Å². The topological polar surface area (TPSA) is 24.9 Å². The van der Waals surface area contributed by atoms with Crippen LogP contribution in [0, 0.1) is 0 Å². The van der Waals surface area contributed by atoms with Crippen LogP contribution in [0.2, 0.25) is 9.49 Å². The molecule has 0 spiro atoms. The molecule has 0 fully saturated rings. The molecule has 0 saturated carbocycles. The minimum atomic E-state index is 0.543. The first-order chi connectivity index (χ1) is 7.24. The maximum atomic E-state index is 5.83. The molecule has 0 aliphatic heterocycles. The molecular weight excluding hydrogens is 271 g/mol. The molecule has 2 rings (SSSR count). The summed E-state index contributed by atoms with van der Waals surface area (Å²) in [4.78, 5) is 5.37. The number of rotatable bonds is 4. The molecule has 2 nitrogen and oxygen atoms in total. The van der Waals surface area contributed by atoms with Crippen LogP contribution in [-0.4, -0.2) is 11.5 Å².